The van der Waals surface area contributed by atoms with E-state index in [2.05, 4.69) is 20.4 Å². The molecule has 178 valence electrons. The Morgan fingerprint density at radius 1 is 1.42 bits per heavy atom. The standard InChI is InChI=1S/C21H27Cl2N7O3/c1-4-26-29(3)5-6-33-17-8-13(22)7-15(23)18(17)19-14-10-30(21(32)25-9-12(2)31)11-16(14)27-20(24)28-19/h4,7-8,12,31H,5-6,9-11H2,1-3H3,(H,25,32)(H2,24,27,28)/b26-4-/t12-/m1/s1. The van der Waals surface area contributed by atoms with Gasteiger partial charge in [-0.25, -0.2) is 14.8 Å². The van der Waals surface area contributed by atoms with Crippen LogP contribution in [0.5, 0.6) is 5.75 Å². The van der Waals surface area contributed by atoms with Crippen molar-refractivity contribution in [2.75, 3.05) is 32.5 Å². The number of carbonyl (C=O) groups excluding carboxylic acids is 1. The molecule has 1 aliphatic heterocycles. The van der Waals surface area contributed by atoms with Gasteiger partial charge in [0.05, 0.1) is 47.7 Å². The van der Waals surface area contributed by atoms with E-state index in [0.29, 0.717) is 45.9 Å². The summed E-state index contributed by atoms with van der Waals surface area (Å²) in [5, 5.41) is 18.8. The van der Waals surface area contributed by atoms with Crippen molar-refractivity contribution < 1.29 is 14.6 Å². The van der Waals surface area contributed by atoms with Crippen molar-refractivity contribution in [3.8, 4) is 17.0 Å². The van der Waals surface area contributed by atoms with Gasteiger partial charge in [-0.1, -0.05) is 23.2 Å². The van der Waals surface area contributed by atoms with Gasteiger partial charge in [0.15, 0.2) is 0 Å². The fraction of sp³-hybridized carbons (Fsp3) is 0.429. The SMILES string of the molecule is C/C=N\N(C)CCOc1cc(Cl)cc(Cl)c1-c1nc(N)nc2c1CN(C(=O)NC[C@@H](C)O)C2. The molecule has 2 aromatic rings. The molecule has 2 amide bonds. The molecule has 1 aliphatic rings. The van der Waals surface area contributed by atoms with Gasteiger partial charge in [0.25, 0.3) is 0 Å². The molecule has 0 saturated heterocycles. The van der Waals surface area contributed by atoms with Gasteiger partial charge >= 0.3 is 6.03 Å². The van der Waals surface area contributed by atoms with Crippen LogP contribution in [0.25, 0.3) is 11.3 Å². The molecule has 0 radical (unpaired) electrons. The Labute approximate surface area is 202 Å². The van der Waals surface area contributed by atoms with E-state index >= 15 is 0 Å². The molecule has 12 heteroatoms. The van der Waals surface area contributed by atoms with Gasteiger partial charge in [-0.2, -0.15) is 5.10 Å². The molecule has 4 N–H and O–H groups in total. The van der Waals surface area contributed by atoms with Crippen molar-refractivity contribution in [1.29, 1.82) is 0 Å². The first-order chi connectivity index (χ1) is 15.7. The normalized spacial score (nSPS) is 13.8. The Hall–Kier alpha value is -2.82. The number of urea groups is 1. The van der Waals surface area contributed by atoms with Crippen molar-refractivity contribution in [1.82, 2.24) is 25.2 Å². The fourth-order valence-corrected chi connectivity index (χ4v) is 3.97. The van der Waals surface area contributed by atoms with E-state index < -0.39 is 6.10 Å². The number of amides is 2. The Bertz CT molecular complexity index is 1050. The number of hydrogen-bond acceptors (Lipinski definition) is 8. The lowest BCUT2D eigenvalue weighted by molar-refractivity contribution is 0.171. The second-order valence-corrected chi connectivity index (χ2v) is 8.45. The number of benzene rings is 1. The highest BCUT2D eigenvalue weighted by Crippen LogP contribution is 2.42. The molecule has 0 saturated carbocycles. The molecule has 0 fully saturated rings. The Morgan fingerprint density at radius 2 is 2.18 bits per heavy atom. The molecule has 1 aromatic carbocycles. The van der Waals surface area contributed by atoms with E-state index in [1.54, 1.807) is 35.2 Å². The van der Waals surface area contributed by atoms with Crippen LogP contribution >= 0.6 is 23.2 Å². The van der Waals surface area contributed by atoms with Gasteiger partial charge in [-0.3, -0.25) is 5.01 Å². The van der Waals surface area contributed by atoms with Crippen LogP contribution in [0, 0.1) is 0 Å². The third-order valence-corrected chi connectivity index (χ3v) is 5.39. The molecular formula is C21H27Cl2N7O3. The first-order valence-corrected chi connectivity index (χ1v) is 11.1. The maximum atomic E-state index is 12.5. The number of aliphatic hydroxyl groups is 1. The van der Waals surface area contributed by atoms with Crippen molar-refractivity contribution in [3.05, 3.63) is 33.4 Å². The quantitative estimate of drug-likeness (QED) is 0.379. The number of aromatic nitrogens is 2. The number of ether oxygens (including phenoxy) is 1. The lowest BCUT2D eigenvalue weighted by Crippen LogP contribution is -2.39. The molecule has 10 nitrogen and oxygen atoms in total. The zero-order chi connectivity index (χ0) is 24.1. The number of likely N-dealkylation sites (N-methyl/N-ethyl adjacent to an activating group) is 1. The molecular weight excluding hydrogens is 469 g/mol. The molecule has 2 heterocycles. The second kappa shape index (κ2) is 10.9. The average molecular weight is 496 g/mol. The van der Waals surface area contributed by atoms with E-state index in [1.165, 1.54) is 0 Å². The molecule has 33 heavy (non-hydrogen) atoms. The topological polar surface area (TPSA) is 129 Å². The number of nitrogens with two attached hydrogens (primary N) is 1. The summed E-state index contributed by atoms with van der Waals surface area (Å²) >= 11 is 12.8. The van der Waals surface area contributed by atoms with E-state index in [4.69, 9.17) is 33.7 Å². The first-order valence-electron chi connectivity index (χ1n) is 10.4. The summed E-state index contributed by atoms with van der Waals surface area (Å²) in [6, 6.07) is 2.95. The maximum absolute atomic E-state index is 12.5. The minimum Gasteiger partial charge on any atom is -0.491 e. The van der Waals surface area contributed by atoms with Crippen LogP contribution in [0.2, 0.25) is 10.0 Å². The smallest absolute Gasteiger partial charge is 0.318 e. The summed E-state index contributed by atoms with van der Waals surface area (Å²) in [4.78, 5) is 22.8. The summed E-state index contributed by atoms with van der Waals surface area (Å²) in [5.41, 5.74) is 8.34. The molecule has 0 bridgehead atoms. The Kier molecular flexibility index (Phi) is 8.17. The van der Waals surface area contributed by atoms with Crippen LogP contribution in [0.3, 0.4) is 0 Å². The number of carbonyl (C=O) groups is 1. The van der Waals surface area contributed by atoms with Crippen LogP contribution in [-0.2, 0) is 13.1 Å². The van der Waals surface area contributed by atoms with E-state index in [1.807, 2.05) is 14.0 Å². The van der Waals surface area contributed by atoms with Crippen LogP contribution < -0.4 is 15.8 Å². The molecule has 0 aliphatic carbocycles. The third-order valence-electron chi connectivity index (χ3n) is 4.88. The highest BCUT2D eigenvalue weighted by Gasteiger charge is 2.30. The predicted octanol–water partition coefficient (Wildman–Crippen LogP) is 2.75. The minimum absolute atomic E-state index is 0.0592. The number of hydrogen-bond donors (Lipinski definition) is 3. The highest BCUT2D eigenvalue weighted by molar-refractivity contribution is 6.37. The fourth-order valence-electron chi connectivity index (χ4n) is 3.41. The van der Waals surface area contributed by atoms with Gasteiger partial charge in [-0.05, 0) is 26.0 Å². The number of nitrogen functional groups attached to an aromatic ring is 1. The molecule has 3 rings (SSSR count). The summed E-state index contributed by atoms with van der Waals surface area (Å²) in [5.74, 6) is 0.502. The van der Waals surface area contributed by atoms with Gasteiger partial charge in [-0.15, -0.1) is 0 Å². The predicted molar refractivity (Wildman–Crippen MR) is 129 cm³/mol. The Morgan fingerprint density at radius 3 is 2.88 bits per heavy atom. The van der Waals surface area contributed by atoms with E-state index in [9.17, 15) is 9.90 Å². The summed E-state index contributed by atoms with van der Waals surface area (Å²) < 4.78 is 6.00. The van der Waals surface area contributed by atoms with E-state index in [0.717, 1.165) is 5.56 Å². The molecule has 0 unspecified atom stereocenters. The van der Waals surface area contributed by atoms with Gasteiger partial charge in [0.1, 0.15) is 12.4 Å². The summed E-state index contributed by atoms with van der Waals surface area (Å²) in [6.45, 7) is 4.94. The largest absolute Gasteiger partial charge is 0.491 e. The number of anilines is 1. The molecule has 1 aromatic heterocycles. The zero-order valence-electron chi connectivity index (χ0n) is 18.7. The van der Waals surface area contributed by atoms with Crippen molar-refractivity contribution in [2.24, 2.45) is 5.10 Å². The second-order valence-electron chi connectivity index (χ2n) is 7.61. The van der Waals surface area contributed by atoms with Crippen molar-refractivity contribution in [3.63, 3.8) is 0 Å². The molecule has 1 atom stereocenters. The number of halogens is 2. The zero-order valence-corrected chi connectivity index (χ0v) is 20.2. The summed E-state index contributed by atoms with van der Waals surface area (Å²) in [6.07, 6.45) is 1.04. The number of aliphatic hydroxyl groups excluding tert-OH is 1. The first kappa shape index (κ1) is 24.8. The average Bonchev–Trinajstić information content (AvgIpc) is 3.15. The van der Waals surface area contributed by atoms with Crippen molar-refractivity contribution in [2.45, 2.75) is 33.0 Å². The molecule has 0 spiro atoms. The van der Waals surface area contributed by atoms with Crippen LogP contribution in [0.15, 0.2) is 17.2 Å². The number of hydrazone groups is 1. The van der Waals surface area contributed by atoms with Gasteiger partial charge < -0.3 is 25.8 Å². The minimum atomic E-state index is -0.653. The number of rotatable bonds is 8. The van der Waals surface area contributed by atoms with Gasteiger partial charge in [0.2, 0.25) is 5.95 Å². The maximum Gasteiger partial charge on any atom is 0.318 e. The number of nitrogens with one attached hydrogen (secondary N) is 1. The van der Waals surface area contributed by atoms with Crippen LogP contribution in [0.4, 0.5) is 10.7 Å². The van der Waals surface area contributed by atoms with Gasteiger partial charge in [0, 0.05) is 30.4 Å². The summed E-state index contributed by atoms with van der Waals surface area (Å²) in [7, 11) is 1.84. The number of fused-ring (bicyclic) bond motifs is 1. The third kappa shape index (κ3) is 6.16. The van der Waals surface area contributed by atoms with Crippen LogP contribution in [-0.4, -0.2) is 70.1 Å². The monoisotopic (exact) mass is 495 g/mol. The Balaban J connectivity index is 1.93. The lowest BCUT2D eigenvalue weighted by atomic mass is 10.0. The van der Waals surface area contributed by atoms with Crippen molar-refractivity contribution >= 4 is 41.4 Å². The lowest BCUT2D eigenvalue weighted by Gasteiger charge is -2.18. The number of nitrogens with zero attached hydrogens (tertiary/aromatic N) is 5. The van der Waals surface area contributed by atoms with E-state index in [-0.39, 0.29) is 31.6 Å². The van der Waals surface area contributed by atoms with Crippen LogP contribution in [0.1, 0.15) is 25.1 Å². The highest BCUT2D eigenvalue weighted by atomic mass is 35.5.